The van der Waals surface area contributed by atoms with E-state index in [1.807, 2.05) is 0 Å². The highest BCUT2D eigenvalue weighted by Gasteiger charge is 2.34. The van der Waals surface area contributed by atoms with E-state index in [1.54, 1.807) is 6.92 Å². The van der Waals surface area contributed by atoms with Gasteiger partial charge in [-0.3, -0.25) is 4.68 Å². The Morgan fingerprint density at radius 1 is 1.36 bits per heavy atom. The summed E-state index contributed by atoms with van der Waals surface area (Å²) in [5.74, 6) is 0.760. The van der Waals surface area contributed by atoms with Crippen molar-refractivity contribution in [1.29, 1.82) is 0 Å². The van der Waals surface area contributed by atoms with Gasteiger partial charge in [-0.1, -0.05) is 0 Å². The average Bonchev–Trinajstić information content (AvgIpc) is 3.08. The van der Waals surface area contributed by atoms with Crippen molar-refractivity contribution in [3.8, 4) is 0 Å². The summed E-state index contributed by atoms with van der Waals surface area (Å²) in [6.07, 6.45) is -2.63. The zero-order valence-electron chi connectivity index (χ0n) is 11.9. The Morgan fingerprint density at radius 3 is 2.82 bits per heavy atom. The molecule has 1 atom stereocenters. The predicted molar refractivity (Wildman–Crippen MR) is 68.2 cm³/mol. The lowest BCUT2D eigenvalue weighted by Gasteiger charge is -2.18. The fourth-order valence-corrected chi connectivity index (χ4v) is 2.37. The maximum absolute atomic E-state index is 12.6. The van der Waals surface area contributed by atoms with Crippen molar-refractivity contribution in [3.05, 3.63) is 29.2 Å². The van der Waals surface area contributed by atoms with Gasteiger partial charge < -0.3 is 9.15 Å². The van der Waals surface area contributed by atoms with Crippen LogP contribution in [-0.2, 0) is 17.5 Å². The van der Waals surface area contributed by atoms with E-state index < -0.39 is 11.9 Å². The SMILES string of the molecule is Cc1cc(C(F)(F)F)nn1Cc1nnc(C2CCCOC2)o1. The van der Waals surface area contributed by atoms with Gasteiger partial charge in [-0.15, -0.1) is 10.2 Å². The van der Waals surface area contributed by atoms with Crippen molar-refractivity contribution >= 4 is 0 Å². The first-order chi connectivity index (χ1) is 10.4. The number of alkyl halides is 3. The third-order valence-corrected chi connectivity index (χ3v) is 3.55. The minimum Gasteiger partial charge on any atom is -0.423 e. The van der Waals surface area contributed by atoms with E-state index >= 15 is 0 Å². The third-order valence-electron chi connectivity index (χ3n) is 3.55. The zero-order valence-corrected chi connectivity index (χ0v) is 11.9. The van der Waals surface area contributed by atoms with Crippen LogP contribution in [0.25, 0.3) is 0 Å². The summed E-state index contributed by atoms with van der Waals surface area (Å²) in [5, 5.41) is 11.4. The molecular formula is C13H15F3N4O2. The number of hydrogen-bond donors (Lipinski definition) is 0. The van der Waals surface area contributed by atoms with E-state index in [9.17, 15) is 13.2 Å². The Bertz CT molecular complexity index is 644. The number of rotatable bonds is 3. The Morgan fingerprint density at radius 2 is 2.18 bits per heavy atom. The molecule has 0 bridgehead atoms. The molecule has 0 N–H and O–H groups in total. The maximum atomic E-state index is 12.6. The van der Waals surface area contributed by atoms with E-state index in [0.717, 1.165) is 25.5 Å². The molecule has 22 heavy (non-hydrogen) atoms. The predicted octanol–water partition coefficient (Wildman–Crippen LogP) is 2.54. The zero-order chi connectivity index (χ0) is 15.7. The second-order valence-corrected chi connectivity index (χ2v) is 5.27. The topological polar surface area (TPSA) is 66.0 Å². The molecule has 0 aromatic carbocycles. The molecule has 0 radical (unpaired) electrons. The molecule has 0 amide bonds. The molecule has 9 heteroatoms. The number of nitrogens with zero attached hydrogens (tertiary/aromatic N) is 4. The second-order valence-electron chi connectivity index (χ2n) is 5.27. The van der Waals surface area contributed by atoms with E-state index in [-0.39, 0.29) is 18.4 Å². The number of aromatic nitrogens is 4. The summed E-state index contributed by atoms with van der Waals surface area (Å²) < 4.78 is 50.0. The van der Waals surface area contributed by atoms with Crippen molar-refractivity contribution in [2.75, 3.05) is 13.2 Å². The van der Waals surface area contributed by atoms with E-state index in [2.05, 4.69) is 15.3 Å². The molecule has 1 unspecified atom stereocenters. The molecule has 3 heterocycles. The van der Waals surface area contributed by atoms with Crippen LogP contribution in [0.2, 0.25) is 0 Å². The molecule has 1 aliphatic rings. The summed E-state index contributed by atoms with van der Waals surface area (Å²) >= 11 is 0. The number of aryl methyl sites for hydroxylation is 1. The lowest BCUT2D eigenvalue weighted by atomic mass is 10.0. The molecule has 0 aliphatic carbocycles. The fourth-order valence-electron chi connectivity index (χ4n) is 2.37. The standard InChI is InChI=1S/C13H15F3N4O2/c1-8-5-10(13(14,15)16)19-20(8)6-11-17-18-12(22-11)9-3-2-4-21-7-9/h5,9H,2-4,6-7H2,1H3. The largest absolute Gasteiger partial charge is 0.435 e. The first-order valence-corrected chi connectivity index (χ1v) is 6.95. The lowest BCUT2D eigenvalue weighted by Crippen LogP contribution is -2.15. The molecule has 3 rings (SSSR count). The first kappa shape index (κ1) is 15.0. The van der Waals surface area contributed by atoms with Crippen LogP contribution in [0.1, 0.15) is 41.9 Å². The van der Waals surface area contributed by atoms with Crippen LogP contribution in [-0.4, -0.2) is 33.2 Å². The molecule has 1 fully saturated rings. The van der Waals surface area contributed by atoms with Crippen molar-refractivity contribution in [2.45, 2.75) is 38.4 Å². The van der Waals surface area contributed by atoms with Gasteiger partial charge in [0.05, 0.1) is 12.5 Å². The normalized spacial score (nSPS) is 19.5. The number of ether oxygens (including phenoxy) is 1. The van der Waals surface area contributed by atoms with Gasteiger partial charge >= 0.3 is 6.18 Å². The minimum absolute atomic E-state index is 0.0164. The molecule has 2 aromatic heterocycles. The van der Waals surface area contributed by atoms with E-state index in [4.69, 9.17) is 9.15 Å². The summed E-state index contributed by atoms with van der Waals surface area (Å²) in [4.78, 5) is 0. The minimum atomic E-state index is -4.46. The molecule has 1 saturated heterocycles. The monoisotopic (exact) mass is 316 g/mol. The van der Waals surface area contributed by atoms with Crippen LogP contribution < -0.4 is 0 Å². The van der Waals surface area contributed by atoms with Gasteiger partial charge in [-0.25, -0.2) is 0 Å². The molecule has 0 saturated carbocycles. The Labute approximate surface area is 124 Å². The summed E-state index contributed by atoms with van der Waals surface area (Å²) in [6.45, 7) is 2.82. The van der Waals surface area contributed by atoms with E-state index in [1.165, 1.54) is 4.68 Å². The highest BCUT2D eigenvalue weighted by Crippen LogP contribution is 2.29. The van der Waals surface area contributed by atoms with Crippen molar-refractivity contribution < 1.29 is 22.3 Å². The molecule has 0 spiro atoms. The quantitative estimate of drug-likeness (QED) is 0.870. The Kier molecular flexibility index (Phi) is 3.90. The molecular weight excluding hydrogens is 301 g/mol. The highest BCUT2D eigenvalue weighted by molar-refractivity contribution is 5.12. The first-order valence-electron chi connectivity index (χ1n) is 6.95. The van der Waals surface area contributed by atoms with Crippen LogP contribution in [0, 0.1) is 6.92 Å². The molecule has 1 aliphatic heterocycles. The average molecular weight is 316 g/mol. The van der Waals surface area contributed by atoms with Gasteiger partial charge in [0.1, 0.15) is 6.54 Å². The van der Waals surface area contributed by atoms with Gasteiger partial charge in [0.25, 0.3) is 0 Å². The van der Waals surface area contributed by atoms with Crippen molar-refractivity contribution in [1.82, 2.24) is 20.0 Å². The Balaban J connectivity index is 1.74. The number of halogens is 3. The van der Waals surface area contributed by atoms with Crippen LogP contribution in [0.3, 0.4) is 0 Å². The van der Waals surface area contributed by atoms with Crippen LogP contribution in [0.15, 0.2) is 10.5 Å². The lowest BCUT2D eigenvalue weighted by molar-refractivity contribution is -0.141. The second kappa shape index (κ2) is 5.71. The fraction of sp³-hybridized carbons (Fsp3) is 0.615. The summed E-state index contributed by atoms with van der Waals surface area (Å²) in [5.41, 5.74) is -0.543. The van der Waals surface area contributed by atoms with E-state index in [0.29, 0.717) is 18.2 Å². The highest BCUT2D eigenvalue weighted by atomic mass is 19.4. The summed E-state index contributed by atoms with van der Waals surface area (Å²) in [7, 11) is 0. The van der Waals surface area contributed by atoms with Gasteiger partial charge in [-0.05, 0) is 25.8 Å². The van der Waals surface area contributed by atoms with Gasteiger partial charge in [-0.2, -0.15) is 18.3 Å². The molecule has 120 valence electrons. The van der Waals surface area contributed by atoms with Crippen LogP contribution in [0.5, 0.6) is 0 Å². The van der Waals surface area contributed by atoms with Crippen LogP contribution in [0.4, 0.5) is 13.2 Å². The Hall–Kier alpha value is -1.90. The van der Waals surface area contributed by atoms with Crippen LogP contribution >= 0.6 is 0 Å². The number of hydrogen-bond acceptors (Lipinski definition) is 5. The molecule has 6 nitrogen and oxygen atoms in total. The van der Waals surface area contributed by atoms with Gasteiger partial charge in [0.15, 0.2) is 5.69 Å². The van der Waals surface area contributed by atoms with Crippen molar-refractivity contribution in [2.24, 2.45) is 0 Å². The molecule has 2 aromatic rings. The van der Waals surface area contributed by atoms with Crippen molar-refractivity contribution in [3.63, 3.8) is 0 Å². The van der Waals surface area contributed by atoms with Gasteiger partial charge in [0.2, 0.25) is 11.8 Å². The summed E-state index contributed by atoms with van der Waals surface area (Å²) in [6, 6.07) is 0.992. The maximum Gasteiger partial charge on any atom is 0.435 e. The van der Waals surface area contributed by atoms with Gasteiger partial charge in [0, 0.05) is 12.3 Å². The smallest absolute Gasteiger partial charge is 0.423 e. The third kappa shape index (κ3) is 3.13.